The molecule has 5 heteroatoms. The van der Waals surface area contributed by atoms with Crippen LogP contribution in [-0.4, -0.2) is 27.7 Å². The highest BCUT2D eigenvalue weighted by Gasteiger charge is 2.38. The van der Waals surface area contributed by atoms with Gasteiger partial charge in [-0.1, -0.05) is 23.8 Å². The van der Waals surface area contributed by atoms with Crippen LogP contribution in [0.2, 0.25) is 0 Å². The van der Waals surface area contributed by atoms with Crippen molar-refractivity contribution in [3.63, 3.8) is 0 Å². The lowest BCUT2D eigenvalue weighted by atomic mass is 9.82. The van der Waals surface area contributed by atoms with Gasteiger partial charge in [-0.05, 0) is 38.8 Å². The third-order valence-electron chi connectivity index (χ3n) is 3.94. The Hall–Kier alpha value is -1.17. The van der Waals surface area contributed by atoms with Gasteiger partial charge in [-0.15, -0.1) is 6.58 Å². The number of hydrogen-bond acceptors (Lipinski definition) is 3. The van der Waals surface area contributed by atoms with Gasteiger partial charge < -0.3 is 4.74 Å². The van der Waals surface area contributed by atoms with E-state index in [1.54, 1.807) is 24.3 Å². The topological polar surface area (TPSA) is 55.4 Å². The van der Waals surface area contributed by atoms with E-state index in [0.717, 1.165) is 18.4 Å². The normalized spacial score (nSPS) is 25.9. The van der Waals surface area contributed by atoms with Crippen molar-refractivity contribution in [2.45, 2.75) is 37.7 Å². The van der Waals surface area contributed by atoms with Crippen molar-refractivity contribution in [1.29, 1.82) is 0 Å². The van der Waals surface area contributed by atoms with Gasteiger partial charge in [0, 0.05) is 12.0 Å². The minimum atomic E-state index is -3.48. The lowest BCUT2D eigenvalue weighted by Gasteiger charge is -2.26. The fourth-order valence-corrected chi connectivity index (χ4v) is 3.90. The summed E-state index contributed by atoms with van der Waals surface area (Å²) < 4.78 is 33.1. The molecule has 0 spiro atoms. The molecule has 1 saturated heterocycles. The zero-order valence-electron chi connectivity index (χ0n) is 12.6. The molecule has 0 amide bonds. The standard InChI is InChI=1S/C16H23NO3S/c1-4-9-16(10-14(3)20-12-16)11-17-21(18,19)15-7-5-13(2)6-8-15/h4-8,14,17H,1,9-12H2,2-3H3. The molecule has 0 aliphatic carbocycles. The van der Waals surface area contributed by atoms with Gasteiger partial charge in [-0.2, -0.15) is 0 Å². The van der Waals surface area contributed by atoms with Gasteiger partial charge in [0.15, 0.2) is 0 Å². The van der Waals surface area contributed by atoms with Crippen molar-refractivity contribution in [1.82, 2.24) is 4.72 Å². The monoisotopic (exact) mass is 309 g/mol. The number of ether oxygens (including phenoxy) is 1. The minimum absolute atomic E-state index is 0.161. The minimum Gasteiger partial charge on any atom is -0.378 e. The van der Waals surface area contributed by atoms with Gasteiger partial charge >= 0.3 is 0 Å². The Morgan fingerprint density at radius 1 is 1.43 bits per heavy atom. The lowest BCUT2D eigenvalue weighted by Crippen LogP contribution is -2.38. The van der Waals surface area contributed by atoms with E-state index in [1.165, 1.54) is 0 Å². The predicted octanol–water partition coefficient (Wildman–Crippen LogP) is 2.64. The van der Waals surface area contributed by atoms with E-state index in [2.05, 4.69) is 11.3 Å². The van der Waals surface area contributed by atoms with Crippen LogP contribution in [0.5, 0.6) is 0 Å². The van der Waals surface area contributed by atoms with Crippen LogP contribution in [-0.2, 0) is 14.8 Å². The molecule has 2 unspecified atom stereocenters. The summed E-state index contributed by atoms with van der Waals surface area (Å²) in [5.74, 6) is 0. The smallest absolute Gasteiger partial charge is 0.240 e. The number of rotatable bonds is 6. The zero-order chi connectivity index (χ0) is 15.5. The molecular formula is C16H23NO3S. The Bertz CT molecular complexity index is 594. The number of hydrogen-bond donors (Lipinski definition) is 1. The van der Waals surface area contributed by atoms with Crippen LogP contribution in [0.15, 0.2) is 41.8 Å². The molecular weight excluding hydrogens is 286 g/mol. The van der Waals surface area contributed by atoms with Gasteiger partial charge in [0.05, 0.1) is 17.6 Å². The quantitative estimate of drug-likeness (QED) is 0.822. The van der Waals surface area contributed by atoms with Crippen LogP contribution in [0.1, 0.15) is 25.3 Å². The summed E-state index contributed by atoms with van der Waals surface area (Å²) in [6.07, 6.45) is 3.58. The molecule has 1 aliphatic rings. The highest BCUT2D eigenvalue weighted by Crippen LogP contribution is 2.36. The fraction of sp³-hybridized carbons (Fsp3) is 0.500. The first-order chi connectivity index (χ1) is 9.87. The second-order valence-corrected chi connectivity index (χ2v) is 7.72. The number of allylic oxidation sites excluding steroid dienone is 1. The van der Waals surface area contributed by atoms with Crippen LogP contribution in [0.25, 0.3) is 0 Å². The summed E-state index contributed by atoms with van der Waals surface area (Å²) in [4.78, 5) is 0.300. The maximum Gasteiger partial charge on any atom is 0.240 e. The van der Waals surface area contributed by atoms with Crippen LogP contribution in [0.4, 0.5) is 0 Å². The van der Waals surface area contributed by atoms with E-state index in [1.807, 2.05) is 19.9 Å². The van der Waals surface area contributed by atoms with Gasteiger partial charge in [0.1, 0.15) is 0 Å². The van der Waals surface area contributed by atoms with E-state index in [0.29, 0.717) is 18.0 Å². The average molecular weight is 309 g/mol. The van der Waals surface area contributed by atoms with Crippen LogP contribution < -0.4 is 4.72 Å². The van der Waals surface area contributed by atoms with Gasteiger partial charge in [0.25, 0.3) is 0 Å². The first-order valence-corrected chi connectivity index (χ1v) is 8.64. The van der Waals surface area contributed by atoms with Crippen molar-refractivity contribution in [2.24, 2.45) is 5.41 Å². The summed E-state index contributed by atoms with van der Waals surface area (Å²) in [5.41, 5.74) is 0.856. The maximum absolute atomic E-state index is 12.4. The number of sulfonamides is 1. The number of benzene rings is 1. The predicted molar refractivity (Wildman–Crippen MR) is 83.6 cm³/mol. The van der Waals surface area contributed by atoms with Gasteiger partial charge in [-0.3, -0.25) is 0 Å². The number of aryl methyl sites for hydroxylation is 1. The molecule has 0 saturated carbocycles. The molecule has 2 atom stereocenters. The Morgan fingerprint density at radius 3 is 2.62 bits per heavy atom. The molecule has 4 nitrogen and oxygen atoms in total. The van der Waals surface area contributed by atoms with Crippen molar-refractivity contribution in [3.05, 3.63) is 42.5 Å². The van der Waals surface area contributed by atoms with Crippen molar-refractivity contribution in [3.8, 4) is 0 Å². The van der Waals surface area contributed by atoms with Crippen molar-refractivity contribution in [2.75, 3.05) is 13.2 Å². The SMILES string of the molecule is C=CCC1(CNS(=O)(=O)c2ccc(C)cc2)COC(C)C1. The van der Waals surface area contributed by atoms with Gasteiger partial charge in [-0.25, -0.2) is 13.1 Å². The molecule has 0 aromatic heterocycles. The van der Waals surface area contributed by atoms with E-state index in [9.17, 15) is 8.42 Å². The summed E-state index contributed by atoms with van der Waals surface area (Å²) in [6.45, 7) is 8.66. The Balaban J connectivity index is 2.09. The van der Waals surface area contributed by atoms with Crippen LogP contribution >= 0.6 is 0 Å². The molecule has 21 heavy (non-hydrogen) atoms. The highest BCUT2D eigenvalue weighted by molar-refractivity contribution is 7.89. The molecule has 1 aromatic carbocycles. The van der Waals surface area contributed by atoms with E-state index < -0.39 is 10.0 Å². The first-order valence-electron chi connectivity index (χ1n) is 7.16. The molecule has 1 aromatic rings. The van der Waals surface area contributed by atoms with Crippen molar-refractivity contribution < 1.29 is 13.2 Å². The Labute approximate surface area is 127 Å². The maximum atomic E-state index is 12.4. The van der Waals surface area contributed by atoms with E-state index >= 15 is 0 Å². The number of nitrogens with one attached hydrogen (secondary N) is 1. The first kappa shape index (κ1) is 16.2. The largest absolute Gasteiger partial charge is 0.378 e. The highest BCUT2D eigenvalue weighted by atomic mass is 32.2. The van der Waals surface area contributed by atoms with Crippen LogP contribution in [0.3, 0.4) is 0 Å². The van der Waals surface area contributed by atoms with E-state index in [4.69, 9.17) is 4.74 Å². The molecule has 1 heterocycles. The molecule has 0 radical (unpaired) electrons. The third-order valence-corrected chi connectivity index (χ3v) is 5.36. The molecule has 1 N–H and O–H groups in total. The summed E-state index contributed by atoms with van der Waals surface area (Å²) in [6, 6.07) is 6.86. The fourth-order valence-electron chi connectivity index (χ4n) is 2.74. The Morgan fingerprint density at radius 2 is 2.10 bits per heavy atom. The molecule has 1 fully saturated rings. The summed E-state index contributed by atoms with van der Waals surface area (Å²) in [7, 11) is -3.48. The lowest BCUT2D eigenvalue weighted by molar-refractivity contribution is 0.106. The average Bonchev–Trinajstić information content (AvgIpc) is 2.80. The third kappa shape index (κ3) is 3.93. The molecule has 116 valence electrons. The van der Waals surface area contributed by atoms with E-state index in [-0.39, 0.29) is 11.5 Å². The molecule has 0 bridgehead atoms. The Kier molecular flexibility index (Phi) is 4.86. The second kappa shape index (κ2) is 6.30. The van der Waals surface area contributed by atoms with Crippen LogP contribution in [0, 0.1) is 12.3 Å². The second-order valence-electron chi connectivity index (χ2n) is 5.96. The zero-order valence-corrected chi connectivity index (χ0v) is 13.4. The molecule has 1 aliphatic heterocycles. The van der Waals surface area contributed by atoms with Gasteiger partial charge in [0.2, 0.25) is 10.0 Å². The summed E-state index contributed by atoms with van der Waals surface area (Å²) >= 11 is 0. The molecule has 2 rings (SSSR count). The van der Waals surface area contributed by atoms with Crippen molar-refractivity contribution >= 4 is 10.0 Å². The summed E-state index contributed by atoms with van der Waals surface area (Å²) in [5, 5.41) is 0.